The maximum Gasteiger partial charge on any atom is 0.338 e. The van der Waals surface area contributed by atoms with Gasteiger partial charge in [-0.05, 0) is 60.7 Å². The average molecular weight is 364 g/mol. The van der Waals surface area contributed by atoms with Crippen molar-refractivity contribution in [2.24, 2.45) is 5.73 Å². The van der Waals surface area contributed by atoms with Crippen LogP contribution in [0.5, 0.6) is 0 Å². The number of aromatic carboxylic acids is 1. The molecule has 3 rings (SSSR count). The van der Waals surface area contributed by atoms with Gasteiger partial charge in [0.05, 0.1) is 16.1 Å². The fourth-order valence-electron chi connectivity index (χ4n) is 3.09. The number of rotatable bonds is 4. The molecule has 0 aromatic heterocycles. The number of nitrogens with one attached hydrogen (secondary N) is 1. The molecule has 0 spiro atoms. The number of carboxylic acids is 1. The Morgan fingerprint density at radius 2 is 1.88 bits per heavy atom. The van der Waals surface area contributed by atoms with E-state index in [2.05, 4.69) is 4.72 Å². The molecule has 132 valence electrons. The number of fused-ring (bicyclic) bond motifs is 1. The van der Waals surface area contributed by atoms with Crippen LogP contribution >= 0.6 is 0 Å². The van der Waals surface area contributed by atoms with Crippen LogP contribution in [-0.2, 0) is 16.4 Å². The Hall–Kier alpha value is -2.45. The number of benzene rings is 2. The lowest BCUT2D eigenvalue weighted by Crippen LogP contribution is -2.24. The third kappa shape index (κ3) is 3.35. The van der Waals surface area contributed by atoms with Gasteiger partial charge in [-0.3, -0.25) is 4.72 Å². The van der Waals surface area contributed by atoms with Gasteiger partial charge in [0.2, 0.25) is 0 Å². The van der Waals surface area contributed by atoms with Crippen molar-refractivity contribution >= 4 is 21.7 Å². The van der Waals surface area contributed by atoms with Gasteiger partial charge in [0, 0.05) is 6.04 Å². The highest BCUT2D eigenvalue weighted by Crippen LogP contribution is 2.35. The van der Waals surface area contributed by atoms with Crippen LogP contribution < -0.4 is 10.5 Å². The quantitative estimate of drug-likeness (QED) is 0.773. The normalized spacial score (nSPS) is 17.0. The molecule has 0 bridgehead atoms. The topological polar surface area (TPSA) is 109 Å². The standard InChI is InChI=1S/C17H17FN2O4S/c18-11-5-7-12(8-6-11)25(23,24)20-14-9-4-10-2-1-3-13(19)15(10)16(14)17(21)22/h4-9,13,20H,1-3,19H2,(H,21,22)/t13-/m1/s1. The number of carboxylic acid groups (broad SMARTS) is 1. The fraction of sp³-hybridized carbons (Fsp3) is 0.235. The van der Waals surface area contributed by atoms with Crippen LogP contribution in [0, 0.1) is 5.82 Å². The highest BCUT2D eigenvalue weighted by molar-refractivity contribution is 7.92. The van der Waals surface area contributed by atoms with Crippen LogP contribution in [0.15, 0.2) is 41.3 Å². The number of hydrogen-bond donors (Lipinski definition) is 3. The lowest BCUT2D eigenvalue weighted by atomic mass is 9.84. The van der Waals surface area contributed by atoms with E-state index in [0.29, 0.717) is 18.4 Å². The van der Waals surface area contributed by atoms with Crippen LogP contribution in [0.1, 0.15) is 40.4 Å². The lowest BCUT2D eigenvalue weighted by Gasteiger charge is -2.25. The Labute approximate surface area is 144 Å². The summed E-state index contributed by atoms with van der Waals surface area (Å²) in [7, 11) is -4.05. The van der Waals surface area contributed by atoms with Gasteiger partial charge in [-0.2, -0.15) is 0 Å². The third-order valence-electron chi connectivity index (χ3n) is 4.25. The Bertz CT molecular complexity index is 926. The molecule has 0 saturated carbocycles. The molecule has 0 fully saturated rings. The van der Waals surface area contributed by atoms with E-state index in [9.17, 15) is 22.7 Å². The molecule has 0 unspecified atom stereocenters. The van der Waals surface area contributed by atoms with E-state index in [0.717, 1.165) is 36.2 Å². The fourth-order valence-corrected chi connectivity index (χ4v) is 4.17. The minimum atomic E-state index is -4.05. The first-order chi connectivity index (χ1) is 11.8. The lowest BCUT2D eigenvalue weighted by molar-refractivity contribution is 0.0696. The molecule has 0 radical (unpaired) electrons. The monoisotopic (exact) mass is 364 g/mol. The number of halogens is 1. The van der Waals surface area contributed by atoms with E-state index in [1.54, 1.807) is 6.07 Å². The summed E-state index contributed by atoms with van der Waals surface area (Å²) in [5, 5.41) is 9.60. The van der Waals surface area contributed by atoms with Crippen molar-refractivity contribution in [2.45, 2.75) is 30.2 Å². The number of sulfonamides is 1. The van der Waals surface area contributed by atoms with Gasteiger partial charge in [0.25, 0.3) is 10.0 Å². The Morgan fingerprint density at radius 1 is 1.20 bits per heavy atom. The van der Waals surface area contributed by atoms with Crippen molar-refractivity contribution < 1.29 is 22.7 Å². The van der Waals surface area contributed by atoms with E-state index < -0.39 is 27.9 Å². The predicted molar refractivity (Wildman–Crippen MR) is 90.5 cm³/mol. The molecule has 25 heavy (non-hydrogen) atoms. The zero-order valence-electron chi connectivity index (χ0n) is 13.2. The van der Waals surface area contributed by atoms with Gasteiger partial charge in [-0.25, -0.2) is 17.6 Å². The van der Waals surface area contributed by atoms with Crippen molar-refractivity contribution in [1.29, 1.82) is 0 Å². The van der Waals surface area contributed by atoms with Gasteiger partial charge in [-0.15, -0.1) is 0 Å². The zero-order valence-corrected chi connectivity index (χ0v) is 14.0. The van der Waals surface area contributed by atoms with Gasteiger partial charge in [-0.1, -0.05) is 6.07 Å². The number of anilines is 1. The van der Waals surface area contributed by atoms with E-state index >= 15 is 0 Å². The van der Waals surface area contributed by atoms with Crippen molar-refractivity contribution in [3.63, 3.8) is 0 Å². The van der Waals surface area contributed by atoms with Crippen LogP contribution in [-0.4, -0.2) is 19.5 Å². The van der Waals surface area contributed by atoms with Crippen LogP contribution in [0.25, 0.3) is 0 Å². The minimum absolute atomic E-state index is 0.0482. The molecule has 0 saturated heterocycles. The number of nitrogens with two attached hydrogens (primary N) is 1. The van der Waals surface area contributed by atoms with Crippen molar-refractivity contribution in [2.75, 3.05) is 4.72 Å². The van der Waals surface area contributed by atoms with Gasteiger partial charge in [0.15, 0.2) is 0 Å². The van der Waals surface area contributed by atoms with E-state index in [1.165, 1.54) is 6.07 Å². The molecule has 1 atom stereocenters. The third-order valence-corrected chi connectivity index (χ3v) is 5.63. The first-order valence-electron chi connectivity index (χ1n) is 7.72. The maximum absolute atomic E-state index is 13.0. The molecule has 8 heteroatoms. The van der Waals surface area contributed by atoms with Crippen molar-refractivity contribution in [1.82, 2.24) is 0 Å². The molecule has 2 aromatic carbocycles. The summed E-state index contributed by atoms with van der Waals surface area (Å²) in [4.78, 5) is 11.6. The summed E-state index contributed by atoms with van der Waals surface area (Å²) >= 11 is 0. The zero-order chi connectivity index (χ0) is 18.2. The highest BCUT2D eigenvalue weighted by atomic mass is 32.2. The molecule has 1 aliphatic carbocycles. The molecular formula is C17H17FN2O4S. The summed E-state index contributed by atoms with van der Waals surface area (Å²) in [6.07, 6.45) is 2.20. The molecule has 0 amide bonds. The van der Waals surface area contributed by atoms with E-state index in [4.69, 9.17) is 5.73 Å². The molecule has 0 heterocycles. The summed E-state index contributed by atoms with van der Waals surface area (Å²) in [6.45, 7) is 0. The van der Waals surface area contributed by atoms with Crippen molar-refractivity contribution in [3.05, 3.63) is 58.9 Å². The molecule has 0 aliphatic heterocycles. The second-order valence-corrected chi connectivity index (χ2v) is 7.61. The van der Waals surface area contributed by atoms with Crippen LogP contribution in [0.3, 0.4) is 0 Å². The van der Waals surface area contributed by atoms with E-state index in [1.807, 2.05) is 0 Å². The molecule has 2 aromatic rings. The van der Waals surface area contributed by atoms with Gasteiger partial charge in [0.1, 0.15) is 5.82 Å². The first-order valence-corrected chi connectivity index (χ1v) is 9.21. The Kier molecular flexibility index (Phi) is 4.49. The summed E-state index contributed by atoms with van der Waals surface area (Å²) in [6, 6.07) is 6.95. The molecule has 4 N–H and O–H groups in total. The summed E-state index contributed by atoms with van der Waals surface area (Å²) in [5.74, 6) is -1.81. The first kappa shape index (κ1) is 17.4. The molecule has 1 aliphatic rings. The summed E-state index contributed by atoms with van der Waals surface area (Å²) in [5.41, 5.74) is 7.18. The molecule has 6 nitrogen and oxygen atoms in total. The Morgan fingerprint density at radius 3 is 2.52 bits per heavy atom. The average Bonchev–Trinajstić information content (AvgIpc) is 2.55. The van der Waals surface area contributed by atoms with Crippen LogP contribution in [0.4, 0.5) is 10.1 Å². The van der Waals surface area contributed by atoms with Gasteiger partial charge < -0.3 is 10.8 Å². The predicted octanol–water partition coefficient (Wildman–Crippen LogP) is 2.66. The van der Waals surface area contributed by atoms with Crippen LogP contribution in [0.2, 0.25) is 0 Å². The Balaban J connectivity index is 2.07. The largest absolute Gasteiger partial charge is 0.478 e. The molecular weight excluding hydrogens is 347 g/mol. The number of aryl methyl sites for hydroxylation is 1. The van der Waals surface area contributed by atoms with Crippen molar-refractivity contribution in [3.8, 4) is 0 Å². The second kappa shape index (κ2) is 6.45. The number of carbonyl (C=O) groups is 1. The summed E-state index contributed by atoms with van der Waals surface area (Å²) < 4.78 is 40.2. The smallest absolute Gasteiger partial charge is 0.338 e. The SMILES string of the molecule is N[C@@H]1CCCc2ccc(NS(=O)(=O)c3ccc(F)cc3)c(C(=O)O)c21. The van der Waals surface area contributed by atoms with E-state index in [-0.39, 0.29) is 16.1 Å². The van der Waals surface area contributed by atoms with Gasteiger partial charge >= 0.3 is 5.97 Å². The highest BCUT2D eigenvalue weighted by Gasteiger charge is 2.28. The minimum Gasteiger partial charge on any atom is -0.478 e. The maximum atomic E-state index is 13.0. The number of hydrogen-bond acceptors (Lipinski definition) is 4. The second-order valence-electron chi connectivity index (χ2n) is 5.92.